The number of hydrogen-bond acceptors (Lipinski definition) is 4. The number of guanidine groups is 1. The number of ether oxygens (including phenoxy) is 1. The van der Waals surface area contributed by atoms with Gasteiger partial charge in [0.1, 0.15) is 12.4 Å². The van der Waals surface area contributed by atoms with Crippen molar-refractivity contribution in [3.05, 3.63) is 47.0 Å². The summed E-state index contributed by atoms with van der Waals surface area (Å²) in [5.41, 5.74) is 1.62. The van der Waals surface area contributed by atoms with Crippen LogP contribution in [0.2, 0.25) is 0 Å². The summed E-state index contributed by atoms with van der Waals surface area (Å²) in [5.74, 6) is 2.86. The molecular formula is C21H30F3IN6O. The fourth-order valence-electron chi connectivity index (χ4n) is 3.38. The Hall–Kier alpha value is -1.89. The van der Waals surface area contributed by atoms with Gasteiger partial charge in [0.15, 0.2) is 11.8 Å². The van der Waals surface area contributed by atoms with Gasteiger partial charge < -0.3 is 15.4 Å². The van der Waals surface area contributed by atoms with Crippen LogP contribution in [0.25, 0.3) is 0 Å². The molecule has 0 saturated heterocycles. The second kappa shape index (κ2) is 11.8. The quantitative estimate of drug-likeness (QED) is 0.303. The highest BCUT2D eigenvalue weighted by molar-refractivity contribution is 14.0. The first-order chi connectivity index (χ1) is 14.7. The number of alkyl halides is 3. The smallest absolute Gasteiger partial charge is 0.367 e. The first-order valence-corrected chi connectivity index (χ1v) is 10.4. The molecule has 2 heterocycles. The van der Waals surface area contributed by atoms with Gasteiger partial charge in [-0.3, -0.25) is 4.99 Å². The average molecular weight is 566 g/mol. The van der Waals surface area contributed by atoms with E-state index in [0.717, 1.165) is 36.6 Å². The molecule has 0 amide bonds. The van der Waals surface area contributed by atoms with E-state index < -0.39 is 12.8 Å². The van der Waals surface area contributed by atoms with Crippen LogP contribution in [-0.2, 0) is 30.9 Å². The van der Waals surface area contributed by atoms with Crippen molar-refractivity contribution in [3.63, 3.8) is 0 Å². The Kier molecular flexibility index (Phi) is 9.74. The van der Waals surface area contributed by atoms with Gasteiger partial charge in [-0.25, -0.2) is 9.67 Å². The van der Waals surface area contributed by atoms with Gasteiger partial charge in [-0.2, -0.15) is 18.3 Å². The Labute approximate surface area is 203 Å². The van der Waals surface area contributed by atoms with Crippen LogP contribution in [0.15, 0.2) is 29.3 Å². The van der Waals surface area contributed by atoms with Crippen LogP contribution in [0.5, 0.6) is 0 Å². The first-order valence-electron chi connectivity index (χ1n) is 10.4. The third kappa shape index (κ3) is 7.91. The number of rotatable bonds is 7. The lowest BCUT2D eigenvalue weighted by molar-refractivity contribution is -0.176. The van der Waals surface area contributed by atoms with E-state index >= 15 is 0 Å². The van der Waals surface area contributed by atoms with Gasteiger partial charge in [0.05, 0.1) is 13.2 Å². The zero-order valence-electron chi connectivity index (χ0n) is 18.4. The molecule has 1 aliphatic heterocycles. The Balaban J connectivity index is 0.00000363. The maximum absolute atomic E-state index is 12.2. The first kappa shape index (κ1) is 26.4. The lowest BCUT2D eigenvalue weighted by Crippen LogP contribution is -2.46. The molecule has 0 spiro atoms. The van der Waals surface area contributed by atoms with Gasteiger partial charge in [0.2, 0.25) is 0 Å². The van der Waals surface area contributed by atoms with Gasteiger partial charge in [-0.15, -0.1) is 24.0 Å². The second-order valence-corrected chi connectivity index (χ2v) is 7.96. The SMILES string of the molecule is CN=C(NCc1cccc(COCC(F)(F)F)c1)NC1CCc2nc(C(C)C)nn2C1.I. The van der Waals surface area contributed by atoms with Crippen molar-refractivity contribution in [2.24, 2.45) is 4.99 Å². The second-order valence-electron chi connectivity index (χ2n) is 7.96. The molecule has 1 aromatic carbocycles. The Bertz CT molecular complexity index is 900. The zero-order chi connectivity index (χ0) is 22.4. The summed E-state index contributed by atoms with van der Waals surface area (Å²) < 4.78 is 43.4. The fraction of sp³-hybridized carbons (Fsp3) is 0.571. The van der Waals surface area contributed by atoms with E-state index in [1.807, 2.05) is 16.8 Å². The predicted molar refractivity (Wildman–Crippen MR) is 127 cm³/mol. The molecule has 0 aliphatic carbocycles. The van der Waals surface area contributed by atoms with Crippen molar-refractivity contribution in [3.8, 4) is 0 Å². The fourth-order valence-corrected chi connectivity index (χ4v) is 3.38. The summed E-state index contributed by atoms with van der Waals surface area (Å²) in [6.45, 7) is 4.05. The summed E-state index contributed by atoms with van der Waals surface area (Å²) in [4.78, 5) is 8.89. The number of aliphatic imine (C=N–C) groups is 1. The van der Waals surface area contributed by atoms with E-state index in [1.165, 1.54) is 0 Å². The predicted octanol–water partition coefficient (Wildman–Crippen LogP) is 3.78. The molecule has 1 aliphatic rings. The molecule has 0 fully saturated rings. The number of nitrogens with one attached hydrogen (secondary N) is 2. The van der Waals surface area contributed by atoms with Crippen molar-refractivity contribution in [1.82, 2.24) is 25.4 Å². The van der Waals surface area contributed by atoms with Gasteiger partial charge in [-0.05, 0) is 17.5 Å². The molecule has 1 aromatic heterocycles. The van der Waals surface area contributed by atoms with Crippen LogP contribution in [-0.4, -0.2) is 46.6 Å². The summed E-state index contributed by atoms with van der Waals surface area (Å²) >= 11 is 0. The zero-order valence-corrected chi connectivity index (χ0v) is 20.8. The number of nitrogens with zero attached hydrogens (tertiary/aromatic N) is 4. The van der Waals surface area contributed by atoms with E-state index in [4.69, 9.17) is 4.74 Å². The van der Waals surface area contributed by atoms with Crippen molar-refractivity contribution < 1.29 is 17.9 Å². The number of aromatic nitrogens is 3. The van der Waals surface area contributed by atoms with Crippen LogP contribution in [0, 0.1) is 0 Å². The Morgan fingerprint density at radius 1 is 1.31 bits per heavy atom. The molecule has 2 N–H and O–H groups in total. The van der Waals surface area contributed by atoms with Gasteiger partial charge in [0, 0.05) is 32.0 Å². The molecule has 7 nitrogen and oxygen atoms in total. The van der Waals surface area contributed by atoms with E-state index in [1.54, 1.807) is 19.2 Å². The molecular weight excluding hydrogens is 536 g/mol. The molecule has 0 saturated carbocycles. The monoisotopic (exact) mass is 566 g/mol. The molecule has 0 radical (unpaired) electrons. The third-order valence-corrected chi connectivity index (χ3v) is 4.94. The molecule has 1 atom stereocenters. The minimum Gasteiger partial charge on any atom is -0.367 e. The number of halogens is 4. The van der Waals surface area contributed by atoms with Gasteiger partial charge in [-0.1, -0.05) is 38.1 Å². The lowest BCUT2D eigenvalue weighted by Gasteiger charge is -2.25. The van der Waals surface area contributed by atoms with Crippen LogP contribution in [0.1, 0.15) is 49.0 Å². The van der Waals surface area contributed by atoms with Crippen molar-refractivity contribution in [2.45, 2.75) is 64.5 Å². The van der Waals surface area contributed by atoms with Crippen LogP contribution in [0.4, 0.5) is 13.2 Å². The molecule has 32 heavy (non-hydrogen) atoms. The van der Waals surface area contributed by atoms with Crippen molar-refractivity contribution in [2.75, 3.05) is 13.7 Å². The summed E-state index contributed by atoms with van der Waals surface area (Å²) in [6.07, 6.45) is -2.53. The molecule has 1 unspecified atom stereocenters. The number of hydrogen-bond donors (Lipinski definition) is 2. The van der Waals surface area contributed by atoms with Crippen molar-refractivity contribution in [1.29, 1.82) is 0 Å². The number of fused-ring (bicyclic) bond motifs is 1. The van der Waals surface area contributed by atoms with E-state index in [-0.39, 0.29) is 36.6 Å². The molecule has 178 valence electrons. The normalized spacial score (nSPS) is 16.5. The van der Waals surface area contributed by atoms with Crippen LogP contribution >= 0.6 is 24.0 Å². The highest BCUT2D eigenvalue weighted by Crippen LogP contribution is 2.17. The molecule has 3 rings (SSSR count). The standard InChI is InChI=1S/C21H29F3N6O.HI/c1-14(2)19-28-18-8-7-17(11-30(18)29-19)27-20(25-3)26-10-15-5-4-6-16(9-15)12-31-13-21(22,23)24;/h4-6,9,14,17H,7-8,10-13H2,1-3H3,(H2,25,26,27);1H. The van der Waals surface area contributed by atoms with E-state index in [2.05, 4.69) is 39.6 Å². The highest BCUT2D eigenvalue weighted by Gasteiger charge is 2.27. The maximum Gasteiger partial charge on any atom is 0.411 e. The minimum absolute atomic E-state index is 0. The van der Waals surface area contributed by atoms with Crippen LogP contribution < -0.4 is 10.6 Å². The third-order valence-electron chi connectivity index (χ3n) is 4.94. The topological polar surface area (TPSA) is 76.4 Å². The number of benzene rings is 1. The highest BCUT2D eigenvalue weighted by atomic mass is 127. The van der Waals surface area contributed by atoms with Crippen molar-refractivity contribution >= 4 is 29.9 Å². The number of aryl methyl sites for hydroxylation is 1. The Morgan fingerprint density at radius 3 is 2.75 bits per heavy atom. The summed E-state index contributed by atoms with van der Waals surface area (Å²) in [5, 5.41) is 11.3. The molecule has 2 aromatic rings. The Morgan fingerprint density at radius 2 is 2.06 bits per heavy atom. The van der Waals surface area contributed by atoms with E-state index in [9.17, 15) is 13.2 Å². The van der Waals surface area contributed by atoms with Gasteiger partial charge in [0.25, 0.3) is 0 Å². The summed E-state index contributed by atoms with van der Waals surface area (Å²) in [6, 6.07) is 7.47. The lowest BCUT2D eigenvalue weighted by atomic mass is 10.1. The summed E-state index contributed by atoms with van der Waals surface area (Å²) in [7, 11) is 1.71. The van der Waals surface area contributed by atoms with Gasteiger partial charge >= 0.3 is 6.18 Å². The molecule has 0 bridgehead atoms. The largest absolute Gasteiger partial charge is 0.411 e. The van der Waals surface area contributed by atoms with Crippen LogP contribution in [0.3, 0.4) is 0 Å². The minimum atomic E-state index is -4.32. The maximum atomic E-state index is 12.2. The van der Waals surface area contributed by atoms with E-state index in [0.29, 0.717) is 24.0 Å². The molecule has 11 heteroatoms. The average Bonchev–Trinajstić information content (AvgIpc) is 3.14.